The van der Waals surface area contributed by atoms with Gasteiger partial charge in [0.2, 0.25) is 0 Å². The van der Waals surface area contributed by atoms with Crippen LogP contribution < -0.4 is 0 Å². The Balaban J connectivity index is 1.98. The predicted molar refractivity (Wildman–Crippen MR) is 77.7 cm³/mol. The molecular weight excluding hydrogens is 291 g/mol. The maximum Gasteiger partial charge on any atom is 0.335 e. The molecule has 0 radical (unpaired) electrons. The van der Waals surface area contributed by atoms with Gasteiger partial charge in [0.1, 0.15) is 10.8 Å². The van der Waals surface area contributed by atoms with Crippen LogP contribution in [0.15, 0.2) is 48.0 Å². The molecule has 4 nitrogen and oxygen atoms in total. The Morgan fingerprint density at radius 2 is 2.05 bits per heavy atom. The molecule has 21 heavy (non-hydrogen) atoms. The van der Waals surface area contributed by atoms with Crippen LogP contribution in [-0.4, -0.2) is 21.0 Å². The molecule has 6 heteroatoms. The Hall–Kier alpha value is -2.60. The van der Waals surface area contributed by atoms with Crippen molar-refractivity contribution in [2.75, 3.05) is 0 Å². The highest BCUT2D eigenvalue weighted by Crippen LogP contribution is 2.28. The predicted octanol–water partition coefficient (Wildman–Crippen LogP) is 3.71. The summed E-state index contributed by atoms with van der Waals surface area (Å²) in [6, 6.07) is 9.05. The van der Waals surface area contributed by atoms with Crippen LogP contribution in [0.25, 0.3) is 22.0 Å². The lowest BCUT2D eigenvalue weighted by molar-refractivity contribution is 0.0697. The maximum atomic E-state index is 13.2. The Bertz CT molecular complexity index is 817. The molecule has 3 rings (SSSR count). The summed E-state index contributed by atoms with van der Waals surface area (Å²) in [5, 5.41) is 11.4. The van der Waals surface area contributed by atoms with Gasteiger partial charge in [0.05, 0.1) is 17.0 Å². The molecular formula is C15H9FN2O2S. The molecule has 0 unspecified atom stereocenters. The van der Waals surface area contributed by atoms with Gasteiger partial charge in [-0.05, 0) is 24.3 Å². The Morgan fingerprint density at radius 1 is 1.19 bits per heavy atom. The van der Waals surface area contributed by atoms with E-state index in [0.717, 1.165) is 0 Å². The number of carboxylic acid groups (broad SMARTS) is 1. The van der Waals surface area contributed by atoms with E-state index in [-0.39, 0.29) is 11.4 Å². The normalized spacial score (nSPS) is 10.5. The van der Waals surface area contributed by atoms with E-state index in [1.54, 1.807) is 17.5 Å². The van der Waals surface area contributed by atoms with E-state index < -0.39 is 5.97 Å². The van der Waals surface area contributed by atoms with Crippen LogP contribution >= 0.6 is 11.3 Å². The van der Waals surface area contributed by atoms with Gasteiger partial charge < -0.3 is 5.11 Å². The molecule has 0 aliphatic carbocycles. The van der Waals surface area contributed by atoms with Gasteiger partial charge in [0.15, 0.2) is 0 Å². The van der Waals surface area contributed by atoms with Crippen LogP contribution in [-0.2, 0) is 0 Å². The number of hydrogen-bond donors (Lipinski definition) is 1. The van der Waals surface area contributed by atoms with Crippen LogP contribution in [0.4, 0.5) is 4.39 Å². The summed E-state index contributed by atoms with van der Waals surface area (Å²) in [7, 11) is 0. The Labute approximate surface area is 123 Å². The standard InChI is InChI=1S/C15H9FN2O2S/c16-11-3-1-2-9(6-11)13-8-21-14(18-13)12-7-10(15(19)20)4-5-17-12/h1-8H,(H,19,20). The number of aromatic carboxylic acids is 1. The fourth-order valence-corrected chi connectivity index (χ4v) is 2.65. The molecule has 0 spiro atoms. The molecule has 0 fully saturated rings. The first-order valence-corrected chi connectivity index (χ1v) is 6.92. The topological polar surface area (TPSA) is 63.1 Å². The third-order valence-electron chi connectivity index (χ3n) is 2.85. The van der Waals surface area contributed by atoms with Crippen LogP contribution in [0.5, 0.6) is 0 Å². The highest BCUT2D eigenvalue weighted by atomic mass is 32.1. The summed E-state index contributed by atoms with van der Waals surface area (Å²) >= 11 is 1.33. The van der Waals surface area contributed by atoms with Crippen molar-refractivity contribution in [3.63, 3.8) is 0 Å². The third kappa shape index (κ3) is 2.80. The summed E-state index contributed by atoms with van der Waals surface area (Å²) in [5.74, 6) is -1.34. The molecule has 0 amide bonds. The SMILES string of the molecule is O=C(O)c1ccnc(-c2nc(-c3cccc(F)c3)cs2)c1. The van der Waals surface area contributed by atoms with Crippen LogP contribution in [0.1, 0.15) is 10.4 Å². The minimum Gasteiger partial charge on any atom is -0.478 e. The number of aromatic nitrogens is 2. The molecule has 1 N–H and O–H groups in total. The quantitative estimate of drug-likeness (QED) is 0.801. The lowest BCUT2D eigenvalue weighted by Crippen LogP contribution is -1.97. The molecule has 0 aliphatic rings. The third-order valence-corrected chi connectivity index (χ3v) is 3.72. The fourth-order valence-electron chi connectivity index (χ4n) is 1.85. The van der Waals surface area contributed by atoms with Gasteiger partial charge in [-0.25, -0.2) is 14.2 Å². The van der Waals surface area contributed by atoms with E-state index >= 15 is 0 Å². The monoisotopic (exact) mass is 300 g/mol. The summed E-state index contributed by atoms with van der Waals surface area (Å²) < 4.78 is 13.2. The first kappa shape index (κ1) is 13.4. The number of thiazole rings is 1. The van der Waals surface area contributed by atoms with Gasteiger partial charge in [0.25, 0.3) is 0 Å². The molecule has 0 saturated heterocycles. The van der Waals surface area contributed by atoms with Crippen molar-refractivity contribution in [1.82, 2.24) is 9.97 Å². The molecule has 3 aromatic rings. The van der Waals surface area contributed by atoms with Gasteiger partial charge in [0, 0.05) is 17.1 Å². The number of pyridine rings is 1. The largest absolute Gasteiger partial charge is 0.478 e. The van der Waals surface area contributed by atoms with Gasteiger partial charge in [-0.1, -0.05) is 12.1 Å². The zero-order chi connectivity index (χ0) is 14.8. The van der Waals surface area contributed by atoms with Gasteiger partial charge in [-0.15, -0.1) is 11.3 Å². The van der Waals surface area contributed by atoms with Crippen LogP contribution in [0, 0.1) is 5.82 Å². The second kappa shape index (κ2) is 5.41. The highest BCUT2D eigenvalue weighted by Gasteiger charge is 2.11. The fraction of sp³-hybridized carbons (Fsp3) is 0. The molecule has 2 aromatic heterocycles. The van der Waals surface area contributed by atoms with E-state index in [1.807, 2.05) is 0 Å². The van der Waals surface area contributed by atoms with Crippen molar-refractivity contribution in [1.29, 1.82) is 0 Å². The summed E-state index contributed by atoms with van der Waals surface area (Å²) in [6.07, 6.45) is 1.43. The van der Waals surface area contributed by atoms with E-state index in [9.17, 15) is 9.18 Å². The number of carboxylic acids is 1. The number of nitrogens with zero attached hydrogens (tertiary/aromatic N) is 2. The van der Waals surface area contributed by atoms with Gasteiger partial charge >= 0.3 is 5.97 Å². The van der Waals surface area contributed by atoms with Crippen molar-refractivity contribution in [2.24, 2.45) is 0 Å². The van der Waals surface area contributed by atoms with Gasteiger partial charge in [-0.3, -0.25) is 4.98 Å². The van der Waals surface area contributed by atoms with Crippen molar-refractivity contribution in [3.05, 3.63) is 59.4 Å². The first-order valence-electron chi connectivity index (χ1n) is 6.04. The number of benzene rings is 1. The highest BCUT2D eigenvalue weighted by molar-refractivity contribution is 7.13. The minimum absolute atomic E-state index is 0.155. The summed E-state index contributed by atoms with van der Waals surface area (Å²) in [4.78, 5) is 19.5. The first-order chi connectivity index (χ1) is 10.1. The van der Waals surface area contributed by atoms with E-state index in [4.69, 9.17) is 5.11 Å². The van der Waals surface area contributed by atoms with Crippen LogP contribution in [0.2, 0.25) is 0 Å². The number of rotatable bonds is 3. The zero-order valence-corrected chi connectivity index (χ0v) is 11.5. The smallest absolute Gasteiger partial charge is 0.335 e. The summed E-state index contributed by atoms with van der Waals surface area (Å²) in [6.45, 7) is 0. The van der Waals surface area contributed by atoms with E-state index in [2.05, 4.69) is 9.97 Å². The summed E-state index contributed by atoms with van der Waals surface area (Å²) in [5.41, 5.74) is 1.95. The van der Waals surface area contributed by atoms with Crippen molar-refractivity contribution in [3.8, 4) is 22.0 Å². The zero-order valence-electron chi connectivity index (χ0n) is 10.7. The molecule has 0 aliphatic heterocycles. The van der Waals surface area contributed by atoms with Crippen LogP contribution in [0.3, 0.4) is 0 Å². The van der Waals surface area contributed by atoms with E-state index in [0.29, 0.717) is 22.0 Å². The molecule has 104 valence electrons. The second-order valence-electron chi connectivity index (χ2n) is 4.28. The minimum atomic E-state index is -1.01. The number of carbonyl (C=O) groups is 1. The van der Waals surface area contributed by atoms with Crippen molar-refractivity contribution >= 4 is 17.3 Å². The number of hydrogen-bond acceptors (Lipinski definition) is 4. The molecule has 0 saturated carbocycles. The Morgan fingerprint density at radius 3 is 2.81 bits per heavy atom. The molecule has 2 heterocycles. The molecule has 0 bridgehead atoms. The number of halogens is 1. The van der Waals surface area contributed by atoms with Gasteiger partial charge in [-0.2, -0.15) is 0 Å². The molecule has 1 aromatic carbocycles. The van der Waals surface area contributed by atoms with E-state index in [1.165, 1.54) is 41.8 Å². The van der Waals surface area contributed by atoms with Crippen molar-refractivity contribution in [2.45, 2.75) is 0 Å². The maximum absolute atomic E-state index is 13.2. The van der Waals surface area contributed by atoms with Crippen molar-refractivity contribution < 1.29 is 14.3 Å². The Kier molecular flexibility index (Phi) is 3.45. The average Bonchev–Trinajstić information content (AvgIpc) is 2.97. The lowest BCUT2D eigenvalue weighted by Gasteiger charge is -1.98. The lowest BCUT2D eigenvalue weighted by atomic mass is 10.2. The molecule has 0 atom stereocenters. The second-order valence-corrected chi connectivity index (χ2v) is 5.14. The average molecular weight is 300 g/mol.